The monoisotopic (exact) mass is 300 g/mol. The lowest BCUT2D eigenvalue weighted by Crippen LogP contribution is -2.21. The smallest absolute Gasteiger partial charge is 0.337 e. The van der Waals surface area contributed by atoms with Gasteiger partial charge in [-0.15, -0.1) is 0 Å². The molecule has 0 atom stereocenters. The maximum atomic E-state index is 12.0. The predicted molar refractivity (Wildman–Crippen MR) is 80.6 cm³/mol. The van der Waals surface area contributed by atoms with Crippen LogP contribution in [-0.4, -0.2) is 46.1 Å². The highest BCUT2D eigenvalue weighted by Crippen LogP contribution is 2.26. The minimum Gasteiger partial charge on any atom is -0.478 e. The summed E-state index contributed by atoms with van der Waals surface area (Å²) in [5, 5.41) is 18.8. The number of nitrogens with zero attached hydrogens (tertiary/aromatic N) is 2. The molecule has 0 radical (unpaired) electrons. The molecule has 2 rings (SSSR count). The zero-order chi connectivity index (χ0) is 16.3. The third-order valence-corrected chi connectivity index (χ3v) is 3.22. The second-order valence-corrected chi connectivity index (χ2v) is 4.93. The van der Waals surface area contributed by atoms with Gasteiger partial charge < -0.3 is 15.1 Å². The number of amides is 1. The van der Waals surface area contributed by atoms with E-state index in [2.05, 4.69) is 4.98 Å². The zero-order valence-electron chi connectivity index (χ0n) is 12.3. The SMILES string of the molecule is CN(C)C(=O)c1ccc(-c2ncccc2C(=O)O)c(CO)c1. The van der Waals surface area contributed by atoms with Crippen LogP contribution in [0.2, 0.25) is 0 Å². The highest BCUT2D eigenvalue weighted by molar-refractivity contribution is 5.97. The number of aliphatic hydroxyl groups excluding tert-OH is 1. The molecule has 0 unspecified atom stereocenters. The molecular formula is C16H16N2O4. The van der Waals surface area contributed by atoms with Gasteiger partial charge in [0.05, 0.1) is 17.9 Å². The first-order valence-electron chi connectivity index (χ1n) is 6.59. The van der Waals surface area contributed by atoms with Crippen LogP contribution < -0.4 is 0 Å². The molecule has 1 heterocycles. The molecule has 1 aromatic heterocycles. The maximum absolute atomic E-state index is 12.0. The summed E-state index contributed by atoms with van der Waals surface area (Å²) in [4.78, 5) is 28.8. The molecule has 0 fully saturated rings. The van der Waals surface area contributed by atoms with Gasteiger partial charge in [-0.25, -0.2) is 4.79 Å². The van der Waals surface area contributed by atoms with E-state index in [9.17, 15) is 19.8 Å². The Kier molecular flexibility index (Phi) is 4.53. The van der Waals surface area contributed by atoms with Crippen molar-refractivity contribution in [2.24, 2.45) is 0 Å². The van der Waals surface area contributed by atoms with Gasteiger partial charge in [-0.3, -0.25) is 9.78 Å². The van der Waals surface area contributed by atoms with Gasteiger partial charge in [-0.2, -0.15) is 0 Å². The Morgan fingerprint density at radius 1 is 1.23 bits per heavy atom. The van der Waals surface area contributed by atoms with Crippen LogP contribution in [-0.2, 0) is 6.61 Å². The van der Waals surface area contributed by atoms with E-state index >= 15 is 0 Å². The number of hydrogen-bond acceptors (Lipinski definition) is 4. The average molecular weight is 300 g/mol. The summed E-state index contributed by atoms with van der Waals surface area (Å²) in [6.07, 6.45) is 1.49. The van der Waals surface area contributed by atoms with Crippen molar-refractivity contribution in [1.82, 2.24) is 9.88 Å². The van der Waals surface area contributed by atoms with Gasteiger partial charge in [-0.05, 0) is 29.8 Å². The largest absolute Gasteiger partial charge is 0.478 e. The van der Waals surface area contributed by atoms with Crippen LogP contribution in [0, 0.1) is 0 Å². The maximum Gasteiger partial charge on any atom is 0.337 e. The second kappa shape index (κ2) is 6.36. The van der Waals surface area contributed by atoms with Crippen LogP contribution in [0.15, 0.2) is 36.5 Å². The Balaban J connectivity index is 2.58. The van der Waals surface area contributed by atoms with Crippen LogP contribution in [0.1, 0.15) is 26.3 Å². The van der Waals surface area contributed by atoms with E-state index in [0.29, 0.717) is 16.7 Å². The summed E-state index contributed by atoms with van der Waals surface area (Å²) in [7, 11) is 3.27. The Morgan fingerprint density at radius 3 is 2.55 bits per heavy atom. The second-order valence-electron chi connectivity index (χ2n) is 4.93. The van der Waals surface area contributed by atoms with Crippen LogP contribution >= 0.6 is 0 Å². The van der Waals surface area contributed by atoms with Gasteiger partial charge >= 0.3 is 5.97 Å². The number of rotatable bonds is 4. The minimum absolute atomic E-state index is 0.0453. The van der Waals surface area contributed by atoms with Gasteiger partial charge in [0, 0.05) is 31.4 Å². The van der Waals surface area contributed by atoms with E-state index in [0.717, 1.165) is 0 Å². The number of carboxylic acids is 1. The number of hydrogen-bond donors (Lipinski definition) is 2. The lowest BCUT2D eigenvalue weighted by Gasteiger charge is -2.14. The van der Waals surface area contributed by atoms with E-state index in [4.69, 9.17) is 0 Å². The number of carbonyl (C=O) groups is 2. The first-order valence-corrected chi connectivity index (χ1v) is 6.59. The molecule has 0 bridgehead atoms. The van der Waals surface area contributed by atoms with Gasteiger partial charge in [-0.1, -0.05) is 6.07 Å². The standard InChI is InChI=1S/C16H16N2O4/c1-18(2)15(20)10-5-6-12(11(8-10)9-19)14-13(16(21)22)4-3-7-17-14/h3-8,19H,9H2,1-2H3,(H,21,22). The molecule has 6 heteroatoms. The molecule has 2 aromatic rings. The minimum atomic E-state index is -1.10. The van der Waals surface area contributed by atoms with E-state index in [1.54, 1.807) is 32.3 Å². The molecule has 0 aliphatic rings. The van der Waals surface area contributed by atoms with Crippen molar-refractivity contribution in [2.75, 3.05) is 14.1 Å². The van der Waals surface area contributed by atoms with Crippen LogP contribution in [0.4, 0.5) is 0 Å². The third-order valence-electron chi connectivity index (χ3n) is 3.22. The summed E-state index contributed by atoms with van der Waals surface area (Å²) in [6.45, 7) is -0.320. The summed E-state index contributed by atoms with van der Waals surface area (Å²) >= 11 is 0. The molecule has 0 spiro atoms. The zero-order valence-corrected chi connectivity index (χ0v) is 12.3. The molecule has 0 aliphatic carbocycles. The molecule has 114 valence electrons. The number of benzene rings is 1. The molecule has 22 heavy (non-hydrogen) atoms. The number of aromatic nitrogens is 1. The van der Waals surface area contributed by atoms with Crippen molar-refractivity contribution in [1.29, 1.82) is 0 Å². The molecule has 0 aliphatic heterocycles. The van der Waals surface area contributed by atoms with Crippen molar-refractivity contribution in [3.8, 4) is 11.3 Å². The number of aliphatic hydroxyl groups is 1. The first kappa shape index (κ1) is 15.7. The third kappa shape index (κ3) is 2.96. The topological polar surface area (TPSA) is 90.7 Å². The summed E-state index contributed by atoms with van der Waals surface area (Å²) in [5.41, 5.74) is 1.68. The van der Waals surface area contributed by atoms with Crippen molar-refractivity contribution in [2.45, 2.75) is 6.61 Å². The molecular weight excluding hydrogens is 284 g/mol. The van der Waals surface area contributed by atoms with Crippen molar-refractivity contribution in [3.63, 3.8) is 0 Å². The fourth-order valence-corrected chi connectivity index (χ4v) is 2.14. The van der Waals surface area contributed by atoms with Crippen LogP contribution in [0.3, 0.4) is 0 Å². The fourth-order valence-electron chi connectivity index (χ4n) is 2.14. The van der Waals surface area contributed by atoms with E-state index in [1.165, 1.54) is 23.2 Å². The Labute approximate surface area is 127 Å². The van der Waals surface area contributed by atoms with Gasteiger partial charge in [0.15, 0.2) is 0 Å². The lowest BCUT2D eigenvalue weighted by atomic mass is 9.98. The van der Waals surface area contributed by atoms with Crippen molar-refractivity contribution >= 4 is 11.9 Å². The quantitative estimate of drug-likeness (QED) is 0.895. The number of aromatic carboxylic acids is 1. The number of carbonyl (C=O) groups excluding carboxylic acids is 1. The lowest BCUT2D eigenvalue weighted by molar-refractivity contribution is 0.0696. The van der Waals surface area contributed by atoms with Crippen molar-refractivity contribution < 1.29 is 19.8 Å². The van der Waals surface area contributed by atoms with Crippen molar-refractivity contribution in [3.05, 3.63) is 53.2 Å². The van der Waals surface area contributed by atoms with Crippen LogP contribution in [0.25, 0.3) is 11.3 Å². The molecule has 0 saturated heterocycles. The van der Waals surface area contributed by atoms with Crippen LogP contribution in [0.5, 0.6) is 0 Å². The molecule has 6 nitrogen and oxygen atoms in total. The molecule has 2 N–H and O–H groups in total. The van der Waals surface area contributed by atoms with Gasteiger partial charge in [0.25, 0.3) is 5.91 Å². The highest BCUT2D eigenvalue weighted by atomic mass is 16.4. The van der Waals surface area contributed by atoms with E-state index < -0.39 is 5.97 Å². The first-order chi connectivity index (χ1) is 10.5. The normalized spacial score (nSPS) is 10.3. The summed E-state index contributed by atoms with van der Waals surface area (Å²) < 4.78 is 0. The molecule has 1 aromatic carbocycles. The fraction of sp³-hybridized carbons (Fsp3) is 0.188. The summed E-state index contributed by atoms with van der Waals surface area (Å²) in [5.74, 6) is -1.29. The number of pyridine rings is 1. The highest BCUT2D eigenvalue weighted by Gasteiger charge is 2.17. The van der Waals surface area contributed by atoms with Gasteiger partial charge in [0.2, 0.25) is 0 Å². The Hall–Kier alpha value is -2.73. The van der Waals surface area contributed by atoms with E-state index in [1.807, 2.05) is 0 Å². The Bertz CT molecular complexity index is 726. The molecule has 1 amide bonds. The molecule has 0 saturated carbocycles. The average Bonchev–Trinajstić information content (AvgIpc) is 2.53. The number of carboxylic acid groups (broad SMARTS) is 1. The van der Waals surface area contributed by atoms with Gasteiger partial charge in [0.1, 0.15) is 0 Å². The van der Waals surface area contributed by atoms with E-state index in [-0.39, 0.29) is 23.8 Å². The summed E-state index contributed by atoms with van der Waals surface area (Å²) in [6, 6.07) is 7.74. The predicted octanol–water partition coefficient (Wildman–Crippen LogP) is 1.64. The Morgan fingerprint density at radius 2 is 1.95 bits per heavy atom.